The first kappa shape index (κ1) is 25.1. The summed E-state index contributed by atoms with van der Waals surface area (Å²) < 4.78 is 5.43. The highest BCUT2D eigenvalue weighted by Gasteiger charge is 2.16. The number of hydrogen-bond donors (Lipinski definition) is 2. The quantitative estimate of drug-likeness (QED) is 0.446. The van der Waals surface area contributed by atoms with E-state index in [4.69, 9.17) is 4.74 Å². The molecule has 1 aromatic carbocycles. The number of carbonyl (C=O) groups is 1. The van der Waals surface area contributed by atoms with Gasteiger partial charge in [0.2, 0.25) is 5.88 Å². The predicted octanol–water partition coefficient (Wildman–Crippen LogP) is 4.35. The van der Waals surface area contributed by atoms with E-state index < -0.39 is 0 Å². The van der Waals surface area contributed by atoms with Gasteiger partial charge in [0.15, 0.2) is 6.29 Å². The van der Waals surface area contributed by atoms with Crippen molar-refractivity contribution in [1.82, 2.24) is 20.6 Å². The van der Waals surface area contributed by atoms with Crippen LogP contribution in [0.1, 0.15) is 53.7 Å². The van der Waals surface area contributed by atoms with Crippen molar-refractivity contribution in [3.05, 3.63) is 59.5 Å². The highest BCUT2D eigenvalue weighted by molar-refractivity contribution is 5.87. The van der Waals surface area contributed by atoms with Crippen molar-refractivity contribution >= 4 is 22.7 Å². The highest BCUT2D eigenvalue weighted by atomic mass is 16.5. The predicted molar refractivity (Wildman–Crippen MR) is 141 cm³/mol. The van der Waals surface area contributed by atoms with Gasteiger partial charge in [-0.15, -0.1) is 0 Å². The number of nitrogens with one attached hydrogen (secondary N) is 2. The Hall–Kier alpha value is -3.03. The number of methoxy groups -OCH3 is 1. The normalized spacial score (nSPS) is 15.4. The smallest absolute Gasteiger partial charge is 0.221 e. The molecule has 0 radical (unpaired) electrons. The molecule has 35 heavy (non-hydrogen) atoms. The zero-order chi connectivity index (χ0) is 24.5. The molecule has 0 spiro atoms. The highest BCUT2D eigenvalue weighted by Crippen LogP contribution is 2.27. The van der Waals surface area contributed by atoms with Crippen LogP contribution >= 0.6 is 0 Å². The lowest BCUT2D eigenvalue weighted by Gasteiger charge is -2.25. The van der Waals surface area contributed by atoms with E-state index in [2.05, 4.69) is 49.8 Å². The Morgan fingerprint density at radius 2 is 1.91 bits per heavy atom. The molecule has 2 N–H and O–H groups in total. The first-order valence-corrected chi connectivity index (χ1v) is 12.7. The SMILES string of the molecule is CNCc1cc2cc(CNCC3CCC3)ccc2c(OC)n1.O=Cc1cncc(N2CCCC2)c1. The number of aldehydes is 1. The summed E-state index contributed by atoms with van der Waals surface area (Å²) in [6, 6.07) is 10.6. The Morgan fingerprint density at radius 3 is 2.60 bits per heavy atom. The summed E-state index contributed by atoms with van der Waals surface area (Å²) in [5, 5.41) is 8.99. The molecule has 0 atom stereocenters. The number of hydrogen-bond acceptors (Lipinski definition) is 7. The monoisotopic (exact) mass is 475 g/mol. The van der Waals surface area contributed by atoms with E-state index in [0.29, 0.717) is 11.4 Å². The Balaban J connectivity index is 0.000000189. The first-order chi connectivity index (χ1) is 17.2. The van der Waals surface area contributed by atoms with E-state index >= 15 is 0 Å². The van der Waals surface area contributed by atoms with Crippen molar-refractivity contribution in [1.29, 1.82) is 0 Å². The van der Waals surface area contributed by atoms with E-state index in [-0.39, 0.29) is 0 Å². The number of nitrogens with zero attached hydrogens (tertiary/aromatic N) is 3. The Bertz CT molecular complexity index is 1110. The van der Waals surface area contributed by atoms with Crippen LogP contribution in [0.5, 0.6) is 5.88 Å². The Kier molecular flexibility index (Phi) is 9.03. The average molecular weight is 476 g/mol. The van der Waals surface area contributed by atoms with Crippen LogP contribution in [0.3, 0.4) is 0 Å². The molecule has 2 aromatic heterocycles. The van der Waals surface area contributed by atoms with Crippen molar-refractivity contribution in [3.63, 3.8) is 0 Å². The van der Waals surface area contributed by atoms with Crippen molar-refractivity contribution in [3.8, 4) is 5.88 Å². The summed E-state index contributed by atoms with van der Waals surface area (Å²) >= 11 is 0. The Morgan fingerprint density at radius 1 is 1.09 bits per heavy atom. The maximum atomic E-state index is 10.5. The fourth-order valence-electron chi connectivity index (χ4n) is 4.64. The van der Waals surface area contributed by atoms with Gasteiger partial charge in [-0.1, -0.05) is 12.5 Å². The molecule has 2 fully saturated rings. The van der Waals surface area contributed by atoms with Crippen LogP contribution in [0.15, 0.2) is 42.7 Å². The maximum absolute atomic E-state index is 10.5. The molecule has 2 aliphatic rings. The fraction of sp³-hybridized carbons (Fsp3) is 0.464. The third-order valence-electron chi connectivity index (χ3n) is 6.80. The van der Waals surface area contributed by atoms with Gasteiger partial charge in [0.05, 0.1) is 24.7 Å². The molecule has 0 bridgehead atoms. The number of pyridine rings is 2. The second-order valence-electron chi connectivity index (χ2n) is 9.42. The zero-order valence-electron chi connectivity index (χ0n) is 20.9. The average Bonchev–Trinajstić information content (AvgIpc) is 3.41. The fourth-order valence-corrected chi connectivity index (χ4v) is 4.64. The lowest BCUT2D eigenvalue weighted by Crippen LogP contribution is -2.26. The molecule has 7 heteroatoms. The van der Waals surface area contributed by atoms with Gasteiger partial charge in [0.25, 0.3) is 0 Å². The van der Waals surface area contributed by atoms with Crippen LogP contribution < -0.4 is 20.3 Å². The molecule has 1 aliphatic carbocycles. The Labute approximate surface area is 208 Å². The molecule has 3 heterocycles. The summed E-state index contributed by atoms with van der Waals surface area (Å²) in [5.74, 6) is 1.60. The summed E-state index contributed by atoms with van der Waals surface area (Å²) in [6.45, 7) is 4.99. The van der Waals surface area contributed by atoms with E-state index in [9.17, 15) is 4.79 Å². The van der Waals surface area contributed by atoms with Crippen molar-refractivity contribution in [2.45, 2.75) is 45.2 Å². The van der Waals surface area contributed by atoms with Gasteiger partial charge >= 0.3 is 0 Å². The molecule has 7 nitrogen and oxygen atoms in total. The van der Waals surface area contributed by atoms with Gasteiger partial charge in [-0.2, -0.15) is 0 Å². The van der Waals surface area contributed by atoms with Crippen LogP contribution in [0, 0.1) is 5.92 Å². The largest absolute Gasteiger partial charge is 0.481 e. The lowest BCUT2D eigenvalue weighted by atomic mass is 9.85. The maximum Gasteiger partial charge on any atom is 0.221 e. The molecule has 5 rings (SSSR count). The zero-order valence-corrected chi connectivity index (χ0v) is 20.9. The van der Waals surface area contributed by atoms with Crippen molar-refractivity contribution in [2.75, 3.05) is 38.7 Å². The number of ether oxygens (including phenoxy) is 1. The number of aromatic nitrogens is 2. The van der Waals surface area contributed by atoms with E-state index in [1.165, 1.54) is 43.1 Å². The van der Waals surface area contributed by atoms with Gasteiger partial charge in [0, 0.05) is 43.3 Å². The number of carbonyl (C=O) groups excluding carboxylic acids is 1. The van der Waals surface area contributed by atoms with Crippen LogP contribution in [-0.4, -0.2) is 50.0 Å². The van der Waals surface area contributed by atoms with Gasteiger partial charge in [-0.3, -0.25) is 9.78 Å². The molecular formula is C28H37N5O2. The van der Waals surface area contributed by atoms with Crippen molar-refractivity contribution < 1.29 is 9.53 Å². The first-order valence-electron chi connectivity index (χ1n) is 12.7. The number of benzene rings is 1. The van der Waals surface area contributed by atoms with E-state index in [1.54, 1.807) is 13.3 Å². The number of fused-ring (bicyclic) bond motifs is 1. The van der Waals surface area contributed by atoms with Gasteiger partial charge in [0.1, 0.15) is 0 Å². The number of anilines is 1. The molecule has 0 unspecified atom stereocenters. The molecule has 1 saturated carbocycles. The van der Waals surface area contributed by atoms with Crippen LogP contribution in [-0.2, 0) is 13.1 Å². The molecular weight excluding hydrogens is 438 g/mol. The van der Waals surface area contributed by atoms with E-state index in [1.807, 2.05) is 19.3 Å². The third kappa shape index (κ3) is 6.77. The van der Waals surface area contributed by atoms with Crippen LogP contribution in [0.25, 0.3) is 10.8 Å². The van der Waals surface area contributed by atoms with Crippen LogP contribution in [0.4, 0.5) is 5.69 Å². The summed E-state index contributed by atoms with van der Waals surface area (Å²) in [6.07, 6.45) is 10.9. The minimum atomic E-state index is 0.657. The number of rotatable bonds is 9. The lowest BCUT2D eigenvalue weighted by molar-refractivity contribution is 0.112. The molecule has 3 aromatic rings. The summed E-state index contributed by atoms with van der Waals surface area (Å²) in [7, 11) is 3.61. The van der Waals surface area contributed by atoms with E-state index in [0.717, 1.165) is 61.7 Å². The second-order valence-corrected chi connectivity index (χ2v) is 9.42. The molecule has 0 amide bonds. The van der Waals surface area contributed by atoms with Crippen LogP contribution in [0.2, 0.25) is 0 Å². The molecule has 1 saturated heterocycles. The summed E-state index contributed by atoms with van der Waals surface area (Å²) in [5.41, 5.74) is 4.05. The minimum absolute atomic E-state index is 0.657. The van der Waals surface area contributed by atoms with Crippen molar-refractivity contribution in [2.24, 2.45) is 5.92 Å². The molecule has 1 aliphatic heterocycles. The minimum Gasteiger partial charge on any atom is -0.481 e. The van der Waals surface area contributed by atoms with Gasteiger partial charge < -0.3 is 20.3 Å². The second kappa shape index (κ2) is 12.6. The van der Waals surface area contributed by atoms with Gasteiger partial charge in [-0.25, -0.2) is 4.98 Å². The standard InChI is InChI=1S/C18H25N3O.C10H12N2O/c1-19-12-16-9-15-8-14(11-20-10-13-4-3-5-13)6-7-17(15)18(21-16)22-2;13-8-9-5-10(7-11-6-9)12-3-1-2-4-12/h6-9,13,19-20H,3-5,10-12H2,1-2H3;5-8H,1-4H2. The third-order valence-corrected chi connectivity index (χ3v) is 6.80. The molecule has 186 valence electrons. The van der Waals surface area contributed by atoms with Gasteiger partial charge in [-0.05, 0) is 80.4 Å². The summed E-state index contributed by atoms with van der Waals surface area (Å²) in [4.78, 5) is 21.3. The topological polar surface area (TPSA) is 79.4 Å².